The maximum atomic E-state index is 5.46. The number of benzene rings is 1. The number of likely N-dealkylation sites (N-methyl/N-ethyl adjacent to an activating group) is 1. The van der Waals surface area contributed by atoms with Crippen LogP contribution in [-0.2, 0) is 9.47 Å². The van der Waals surface area contributed by atoms with Gasteiger partial charge in [-0.3, -0.25) is 4.99 Å². The maximum Gasteiger partial charge on any atom is 0.191 e. The Labute approximate surface area is 159 Å². The summed E-state index contributed by atoms with van der Waals surface area (Å²) in [5, 5.41) is 6.71. The van der Waals surface area contributed by atoms with Gasteiger partial charge in [0.2, 0.25) is 0 Å². The van der Waals surface area contributed by atoms with Crippen LogP contribution in [0.1, 0.15) is 25.8 Å². The molecule has 0 amide bonds. The van der Waals surface area contributed by atoms with Crippen molar-refractivity contribution in [1.29, 1.82) is 0 Å². The number of guanidine groups is 1. The molecule has 6 nitrogen and oxygen atoms in total. The first-order valence-corrected chi connectivity index (χ1v) is 9.61. The molecule has 0 aliphatic carbocycles. The molecule has 2 N–H and O–H groups in total. The zero-order chi connectivity index (χ0) is 19.0. The van der Waals surface area contributed by atoms with E-state index in [9.17, 15) is 0 Å². The van der Waals surface area contributed by atoms with Crippen molar-refractivity contribution in [1.82, 2.24) is 10.6 Å². The number of methoxy groups -OCH3 is 1. The number of aryl methyl sites for hydroxylation is 1. The lowest BCUT2D eigenvalue weighted by molar-refractivity contribution is 0.0702. The van der Waals surface area contributed by atoms with Crippen LogP contribution >= 0.6 is 0 Å². The average molecular weight is 365 g/mol. The van der Waals surface area contributed by atoms with Gasteiger partial charge in [-0.25, -0.2) is 0 Å². The van der Waals surface area contributed by atoms with Crippen LogP contribution < -0.4 is 15.5 Å². The van der Waals surface area contributed by atoms with Crippen molar-refractivity contribution in [2.75, 3.05) is 64.6 Å². The first-order chi connectivity index (χ1) is 12.7. The lowest BCUT2D eigenvalue weighted by Gasteiger charge is -2.24. The number of hydrogen-bond donors (Lipinski definition) is 2. The van der Waals surface area contributed by atoms with Gasteiger partial charge in [0.1, 0.15) is 0 Å². The minimum atomic E-state index is 0.641. The summed E-state index contributed by atoms with van der Waals surface area (Å²) in [6.45, 7) is 12.8. The van der Waals surface area contributed by atoms with Crippen LogP contribution in [0.4, 0.5) is 5.69 Å². The Morgan fingerprint density at radius 1 is 1.15 bits per heavy atom. The van der Waals surface area contributed by atoms with Crippen LogP contribution in [0.15, 0.2) is 29.3 Å². The number of aliphatic imine (C=N–C) groups is 1. The Morgan fingerprint density at radius 2 is 2.00 bits per heavy atom. The second-order valence-corrected chi connectivity index (χ2v) is 6.06. The van der Waals surface area contributed by atoms with E-state index in [1.807, 2.05) is 0 Å². The summed E-state index contributed by atoms with van der Waals surface area (Å²) in [6, 6.07) is 8.64. The van der Waals surface area contributed by atoms with Crippen molar-refractivity contribution in [2.24, 2.45) is 4.99 Å². The molecule has 0 atom stereocenters. The molecule has 0 aromatic heterocycles. The van der Waals surface area contributed by atoms with E-state index in [1.165, 1.54) is 11.3 Å². The summed E-state index contributed by atoms with van der Waals surface area (Å²) in [7, 11) is 1.68. The molecule has 0 unspecified atom stereocenters. The van der Waals surface area contributed by atoms with Crippen LogP contribution in [0, 0.1) is 6.92 Å². The second kappa shape index (κ2) is 14.4. The summed E-state index contributed by atoms with van der Waals surface area (Å²) in [6.07, 6.45) is 0.907. The first-order valence-electron chi connectivity index (χ1n) is 9.61. The van der Waals surface area contributed by atoms with Gasteiger partial charge in [0.25, 0.3) is 0 Å². The summed E-state index contributed by atoms with van der Waals surface area (Å²) in [5.74, 6) is 0.865. The van der Waals surface area contributed by atoms with E-state index >= 15 is 0 Å². The van der Waals surface area contributed by atoms with Gasteiger partial charge in [0.15, 0.2) is 5.96 Å². The number of rotatable bonds is 13. The van der Waals surface area contributed by atoms with Gasteiger partial charge in [0, 0.05) is 52.1 Å². The minimum absolute atomic E-state index is 0.641. The van der Waals surface area contributed by atoms with Crippen LogP contribution in [0.25, 0.3) is 0 Å². The fraction of sp³-hybridized carbons (Fsp3) is 0.650. The van der Waals surface area contributed by atoms with E-state index in [1.54, 1.807) is 7.11 Å². The summed E-state index contributed by atoms with van der Waals surface area (Å²) in [4.78, 5) is 6.97. The second-order valence-electron chi connectivity index (χ2n) is 6.06. The third kappa shape index (κ3) is 9.63. The van der Waals surface area contributed by atoms with E-state index in [-0.39, 0.29) is 0 Å². The van der Waals surface area contributed by atoms with Crippen molar-refractivity contribution < 1.29 is 9.47 Å². The zero-order valence-electron chi connectivity index (χ0n) is 16.9. The monoisotopic (exact) mass is 364 g/mol. The molecule has 0 radical (unpaired) electrons. The third-order valence-electron chi connectivity index (χ3n) is 3.92. The number of anilines is 1. The molecule has 6 heteroatoms. The molecule has 0 saturated heterocycles. The summed E-state index contributed by atoms with van der Waals surface area (Å²) < 4.78 is 10.4. The SMILES string of the molecule is CCNC(=NCCCOCCOC)NCCN(CC)c1cccc(C)c1. The fourth-order valence-corrected chi connectivity index (χ4v) is 2.55. The van der Waals surface area contributed by atoms with Crippen molar-refractivity contribution in [3.8, 4) is 0 Å². The smallest absolute Gasteiger partial charge is 0.191 e. The maximum absolute atomic E-state index is 5.46. The van der Waals surface area contributed by atoms with E-state index in [0.717, 1.165) is 45.1 Å². The van der Waals surface area contributed by atoms with Crippen molar-refractivity contribution in [2.45, 2.75) is 27.2 Å². The highest BCUT2D eigenvalue weighted by Crippen LogP contribution is 2.14. The largest absolute Gasteiger partial charge is 0.382 e. The highest BCUT2D eigenvalue weighted by Gasteiger charge is 2.05. The number of ether oxygens (including phenoxy) is 2. The van der Waals surface area contributed by atoms with Crippen LogP contribution in [0.3, 0.4) is 0 Å². The van der Waals surface area contributed by atoms with Crippen molar-refractivity contribution >= 4 is 11.6 Å². The lowest BCUT2D eigenvalue weighted by Crippen LogP contribution is -2.41. The van der Waals surface area contributed by atoms with Gasteiger partial charge in [-0.05, 0) is 44.9 Å². The van der Waals surface area contributed by atoms with Gasteiger partial charge in [-0.15, -0.1) is 0 Å². The standard InChI is InChI=1S/C20H36N4O2/c1-5-21-20(22-11-8-14-26-16-15-25-4)23-12-13-24(6-2)19-10-7-9-18(3)17-19/h7,9-10,17H,5-6,8,11-16H2,1-4H3,(H2,21,22,23). The van der Waals surface area contributed by atoms with Gasteiger partial charge < -0.3 is 25.0 Å². The number of nitrogens with one attached hydrogen (secondary N) is 2. The highest BCUT2D eigenvalue weighted by atomic mass is 16.5. The Kier molecular flexibility index (Phi) is 12.3. The fourth-order valence-electron chi connectivity index (χ4n) is 2.55. The Balaban J connectivity index is 2.35. The number of nitrogens with zero attached hydrogens (tertiary/aromatic N) is 2. The molecule has 1 rings (SSSR count). The molecule has 0 heterocycles. The van der Waals surface area contributed by atoms with E-state index < -0.39 is 0 Å². The quantitative estimate of drug-likeness (QED) is 0.320. The molecular formula is C20H36N4O2. The normalized spacial score (nSPS) is 11.5. The molecule has 1 aromatic rings. The van der Waals surface area contributed by atoms with Gasteiger partial charge in [-0.1, -0.05) is 12.1 Å². The molecule has 148 valence electrons. The van der Waals surface area contributed by atoms with Crippen molar-refractivity contribution in [3.05, 3.63) is 29.8 Å². The first kappa shape index (κ1) is 22.3. The zero-order valence-corrected chi connectivity index (χ0v) is 16.9. The Bertz CT molecular complexity index is 508. The molecule has 1 aromatic carbocycles. The highest BCUT2D eigenvalue weighted by molar-refractivity contribution is 5.79. The molecule has 26 heavy (non-hydrogen) atoms. The predicted octanol–water partition coefficient (Wildman–Crippen LogP) is 2.43. The predicted molar refractivity (Wildman–Crippen MR) is 110 cm³/mol. The Hall–Kier alpha value is -1.79. The lowest BCUT2D eigenvalue weighted by atomic mass is 10.2. The molecular weight excluding hydrogens is 328 g/mol. The molecule has 0 aliphatic rings. The van der Waals surface area contributed by atoms with Crippen LogP contribution in [0.2, 0.25) is 0 Å². The van der Waals surface area contributed by atoms with Crippen LogP contribution in [-0.4, -0.2) is 65.6 Å². The van der Waals surface area contributed by atoms with Gasteiger partial charge >= 0.3 is 0 Å². The van der Waals surface area contributed by atoms with E-state index in [4.69, 9.17) is 9.47 Å². The minimum Gasteiger partial charge on any atom is -0.382 e. The molecule has 0 bridgehead atoms. The number of hydrogen-bond acceptors (Lipinski definition) is 4. The van der Waals surface area contributed by atoms with Crippen molar-refractivity contribution in [3.63, 3.8) is 0 Å². The molecule has 0 spiro atoms. The van der Waals surface area contributed by atoms with E-state index in [2.05, 4.69) is 65.6 Å². The van der Waals surface area contributed by atoms with E-state index in [0.29, 0.717) is 19.8 Å². The molecule has 0 saturated carbocycles. The molecule has 0 aliphatic heterocycles. The summed E-state index contributed by atoms with van der Waals surface area (Å²) in [5.41, 5.74) is 2.56. The average Bonchev–Trinajstić information content (AvgIpc) is 2.64. The molecule has 0 fully saturated rings. The topological polar surface area (TPSA) is 58.1 Å². The summed E-state index contributed by atoms with van der Waals surface area (Å²) >= 11 is 0. The van der Waals surface area contributed by atoms with Gasteiger partial charge in [-0.2, -0.15) is 0 Å². The van der Waals surface area contributed by atoms with Crippen LogP contribution in [0.5, 0.6) is 0 Å². The van der Waals surface area contributed by atoms with Gasteiger partial charge in [0.05, 0.1) is 13.2 Å². The third-order valence-corrected chi connectivity index (χ3v) is 3.92. The Morgan fingerprint density at radius 3 is 2.69 bits per heavy atom.